The molecule has 0 saturated carbocycles. The van der Waals surface area contributed by atoms with Crippen LogP contribution in [0.2, 0.25) is 0 Å². The van der Waals surface area contributed by atoms with E-state index in [-0.39, 0.29) is 0 Å². The molecular formula is C15H24N2O2. The fraction of sp³-hybridized carbons (Fsp3) is 0.733. The van der Waals surface area contributed by atoms with Crippen LogP contribution in [0.25, 0.3) is 0 Å². The van der Waals surface area contributed by atoms with Crippen molar-refractivity contribution >= 4 is 0 Å². The van der Waals surface area contributed by atoms with Crippen LogP contribution in [-0.2, 0) is 11.3 Å². The number of furan rings is 1. The zero-order chi connectivity index (χ0) is 13.2. The first-order valence-corrected chi connectivity index (χ1v) is 7.27. The van der Waals surface area contributed by atoms with Crippen molar-refractivity contribution in [3.63, 3.8) is 0 Å². The van der Waals surface area contributed by atoms with E-state index in [0.29, 0.717) is 18.1 Å². The summed E-state index contributed by atoms with van der Waals surface area (Å²) >= 11 is 0. The number of likely N-dealkylation sites (N-methyl/N-ethyl adjacent to an activating group) is 2. The summed E-state index contributed by atoms with van der Waals surface area (Å²) in [6.07, 6.45) is 4.66. The molecule has 1 aromatic rings. The van der Waals surface area contributed by atoms with E-state index in [9.17, 15) is 0 Å². The predicted octanol–water partition coefficient (Wildman–Crippen LogP) is 1.82. The Morgan fingerprint density at radius 1 is 1.42 bits per heavy atom. The largest absolute Gasteiger partial charge is 0.468 e. The molecule has 0 bridgehead atoms. The van der Waals surface area contributed by atoms with Crippen LogP contribution in [0.5, 0.6) is 0 Å². The van der Waals surface area contributed by atoms with Gasteiger partial charge in [0.2, 0.25) is 0 Å². The summed E-state index contributed by atoms with van der Waals surface area (Å²) in [4.78, 5) is 4.83. The Kier molecular flexibility index (Phi) is 3.91. The highest BCUT2D eigenvalue weighted by Gasteiger charge is 2.40. The summed E-state index contributed by atoms with van der Waals surface area (Å²) in [7, 11) is 4.40. The zero-order valence-electron chi connectivity index (χ0n) is 11.9. The predicted molar refractivity (Wildman–Crippen MR) is 73.9 cm³/mol. The summed E-state index contributed by atoms with van der Waals surface area (Å²) in [5.41, 5.74) is 0. The molecule has 2 fully saturated rings. The maximum Gasteiger partial charge on any atom is 0.117 e. The van der Waals surface area contributed by atoms with Crippen molar-refractivity contribution < 1.29 is 9.15 Å². The molecule has 0 aliphatic carbocycles. The lowest BCUT2D eigenvalue weighted by Gasteiger charge is -2.47. The molecule has 2 aliphatic heterocycles. The Morgan fingerprint density at radius 2 is 2.32 bits per heavy atom. The molecule has 106 valence electrons. The molecule has 19 heavy (non-hydrogen) atoms. The summed E-state index contributed by atoms with van der Waals surface area (Å²) in [6, 6.07) is 4.47. The van der Waals surface area contributed by atoms with E-state index >= 15 is 0 Å². The smallest absolute Gasteiger partial charge is 0.117 e. The van der Waals surface area contributed by atoms with Gasteiger partial charge >= 0.3 is 0 Å². The molecule has 0 N–H and O–H groups in total. The summed E-state index contributed by atoms with van der Waals surface area (Å²) < 4.78 is 11.5. The Hall–Kier alpha value is -0.840. The molecule has 0 aromatic carbocycles. The van der Waals surface area contributed by atoms with Gasteiger partial charge in [-0.1, -0.05) is 0 Å². The monoisotopic (exact) mass is 264 g/mol. The molecular weight excluding hydrogens is 240 g/mol. The van der Waals surface area contributed by atoms with Gasteiger partial charge in [-0.15, -0.1) is 0 Å². The fourth-order valence-corrected chi connectivity index (χ4v) is 3.54. The van der Waals surface area contributed by atoms with E-state index in [0.717, 1.165) is 25.5 Å². The van der Waals surface area contributed by atoms with E-state index < -0.39 is 0 Å². The van der Waals surface area contributed by atoms with Gasteiger partial charge in [-0.25, -0.2) is 0 Å². The third-order valence-electron chi connectivity index (χ3n) is 4.47. The normalized spacial score (nSPS) is 32.5. The number of fused-ring (bicyclic) bond motifs is 1. The molecule has 4 nitrogen and oxygen atoms in total. The molecule has 2 aliphatic rings. The topological polar surface area (TPSA) is 28.9 Å². The lowest BCUT2D eigenvalue weighted by Crippen LogP contribution is -2.59. The van der Waals surface area contributed by atoms with Gasteiger partial charge < -0.3 is 14.1 Å². The zero-order valence-corrected chi connectivity index (χ0v) is 11.9. The van der Waals surface area contributed by atoms with Crippen LogP contribution in [0, 0.1) is 5.92 Å². The lowest BCUT2D eigenvalue weighted by atomic mass is 9.85. The SMILES string of the molecule is CN1C[C@@H]2CCCO[C@@H]2[C@H](N(C)Cc2ccco2)C1. The van der Waals surface area contributed by atoms with Gasteiger partial charge in [-0.05, 0) is 45.0 Å². The molecule has 3 atom stereocenters. The van der Waals surface area contributed by atoms with Crippen LogP contribution in [0.15, 0.2) is 22.8 Å². The number of piperidine rings is 1. The molecule has 0 spiro atoms. The van der Waals surface area contributed by atoms with Crippen molar-refractivity contribution in [3.8, 4) is 0 Å². The number of hydrogen-bond donors (Lipinski definition) is 0. The fourth-order valence-electron chi connectivity index (χ4n) is 3.54. The number of rotatable bonds is 3. The molecule has 0 amide bonds. The first-order valence-electron chi connectivity index (χ1n) is 7.27. The molecule has 3 heterocycles. The van der Waals surface area contributed by atoms with Gasteiger partial charge in [0.15, 0.2) is 0 Å². The molecule has 1 aromatic heterocycles. The summed E-state index contributed by atoms with van der Waals surface area (Å²) in [5.74, 6) is 1.72. The highest BCUT2D eigenvalue weighted by Crippen LogP contribution is 2.30. The number of hydrogen-bond acceptors (Lipinski definition) is 4. The molecule has 4 heteroatoms. The van der Waals surface area contributed by atoms with Gasteiger partial charge in [0.25, 0.3) is 0 Å². The van der Waals surface area contributed by atoms with Crippen molar-refractivity contribution in [2.45, 2.75) is 31.5 Å². The highest BCUT2D eigenvalue weighted by molar-refractivity contribution is 5.00. The van der Waals surface area contributed by atoms with Crippen LogP contribution >= 0.6 is 0 Å². The Bertz CT molecular complexity index is 393. The Balaban J connectivity index is 1.69. The van der Waals surface area contributed by atoms with E-state index in [1.807, 2.05) is 12.1 Å². The second-order valence-electron chi connectivity index (χ2n) is 6.02. The summed E-state index contributed by atoms with van der Waals surface area (Å²) in [6.45, 7) is 4.04. The minimum atomic E-state index is 0.393. The van der Waals surface area contributed by atoms with Crippen LogP contribution in [-0.4, -0.2) is 55.7 Å². The number of nitrogens with zero attached hydrogens (tertiary/aromatic N) is 2. The molecule has 3 rings (SSSR count). The quantitative estimate of drug-likeness (QED) is 0.833. The minimum Gasteiger partial charge on any atom is -0.468 e. The van der Waals surface area contributed by atoms with E-state index in [4.69, 9.17) is 9.15 Å². The van der Waals surface area contributed by atoms with Gasteiger partial charge in [0.1, 0.15) is 5.76 Å². The maximum atomic E-state index is 6.08. The van der Waals surface area contributed by atoms with Gasteiger partial charge in [-0.3, -0.25) is 4.90 Å². The van der Waals surface area contributed by atoms with Crippen molar-refractivity contribution in [3.05, 3.63) is 24.2 Å². The van der Waals surface area contributed by atoms with Crippen LogP contribution < -0.4 is 0 Å². The van der Waals surface area contributed by atoms with Crippen LogP contribution in [0.1, 0.15) is 18.6 Å². The standard InChI is InChI=1S/C15H24N2O2/c1-16-9-12-5-3-8-19-15(12)14(11-16)17(2)10-13-6-4-7-18-13/h4,6-7,12,14-15H,3,5,8-11H2,1-2H3/t12-,14+,15-/m0/s1. The van der Waals surface area contributed by atoms with E-state index in [2.05, 4.69) is 23.9 Å². The van der Waals surface area contributed by atoms with Crippen LogP contribution in [0.4, 0.5) is 0 Å². The highest BCUT2D eigenvalue weighted by atomic mass is 16.5. The third kappa shape index (κ3) is 2.86. The van der Waals surface area contributed by atoms with Crippen molar-refractivity contribution in [1.29, 1.82) is 0 Å². The second kappa shape index (κ2) is 5.65. The Morgan fingerprint density at radius 3 is 3.11 bits per heavy atom. The van der Waals surface area contributed by atoms with E-state index in [1.54, 1.807) is 6.26 Å². The molecule has 0 radical (unpaired) electrons. The second-order valence-corrected chi connectivity index (χ2v) is 6.02. The van der Waals surface area contributed by atoms with Crippen molar-refractivity contribution in [2.75, 3.05) is 33.8 Å². The minimum absolute atomic E-state index is 0.393. The lowest BCUT2D eigenvalue weighted by molar-refractivity contribution is -0.108. The summed E-state index contributed by atoms with van der Waals surface area (Å²) in [5, 5.41) is 0. The van der Waals surface area contributed by atoms with Gasteiger partial charge in [-0.2, -0.15) is 0 Å². The van der Waals surface area contributed by atoms with Crippen molar-refractivity contribution in [1.82, 2.24) is 9.80 Å². The van der Waals surface area contributed by atoms with Gasteiger partial charge in [0, 0.05) is 25.7 Å². The average molecular weight is 264 g/mol. The van der Waals surface area contributed by atoms with Crippen molar-refractivity contribution in [2.24, 2.45) is 5.92 Å². The first-order chi connectivity index (χ1) is 9.24. The molecule has 2 saturated heterocycles. The van der Waals surface area contributed by atoms with E-state index in [1.165, 1.54) is 19.4 Å². The van der Waals surface area contributed by atoms with Gasteiger partial charge in [0.05, 0.1) is 18.9 Å². The maximum absolute atomic E-state index is 6.08. The molecule has 0 unspecified atom stereocenters. The Labute approximate surface area is 115 Å². The average Bonchev–Trinajstić information content (AvgIpc) is 2.90. The number of likely N-dealkylation sites (tertiary alicyclic amines) is 1. The third-order valence-corrected chi connectivity index (χ3v) is 4.47. The first kappa shape index (κ1) is 13.2. The van der Waals surface area contributed by atoms with Crippen LogP contribution in [0.3, 0.4) is 0 Å². The number of ether oxygens (including phenoxy) is 1.